The lowest BCUT2D eigenvalue weighted by molar-refractivity contribution is 0.0624. The van der Waals surface area contributed by atoms with Crippen LogP contribution in [-0.4, -0.2) is 55.7 Å². The maximum Gasteiger partial charge on any atom is 0.124 e. The molecule has 0 spiro atoms. The highest BCUT2D eigenvalue weighted by Gasteiger charge is 2.29. The molecule has 0 bridgehead atoms. The van der Waals surface area contributed by atoms with Crippen molar-refractivity contribution in [3.05, 3.63) is 29.8 Å². The predicted molar refractivity (Wildman–Crippen MR) is 83.1 cm³/mol. The number of piperazine rings is 1. The van der Waals surface area contributed by atoms with Crippen LogP contribution in [0, 0.1) is 0 Å². The van der Waals surface area contributed by atoms with Crippen molar-refractivity contribution in [3.63, 3.8) is 0 Å². The maximum atomic E-state index is 6.09. The molecule has 0 amide bonds. The second-order valence-electron chi connectivity index (χ2n) is 5.57. The Bertz CT molecular complexity index is 424. The van der Waals surface area contributed by atoms with E-state index in [0.717, 1.165) is 25.4 Å². The van der Waals surface area contributed by atoms with E-state index in [0.29, 0.717) is 19.2 Å². The number of hydrogen-bond donors (Lipinski definition) is 1. The molecule has 1 fully saturated rings. The van der Waals surface area contributed by atoms with E-state index in [-0.39, 0.29) is 6.04 Å². The molecule has 4 nitrogen and oxygen atoms in total. The predicted octanol–water partition coefficient (Wildman–Crippen LogP) is 1.72. The Labute approximate surface area is 122 Å². The van der Waals surface area contributed by atoms with E-state index in [1.165, 1.54) is 5.56 Å². The lowest BCUT2D eigenvalue weighted by Gasteiger charge is -2.43. The normalized spacial score (nSPS) is 22.7. The monoisotopic (exact) mass is 277 g/mol. The molecule has 0 saturated carbocycles. The van der Waals surface area contributed by atoms with Gasteiger partial charge < -0.3 is 15.4 Å². The third kappa shape index (κ3) is 3.32. The third-order valence-electron chi connectivity index (χ3n) is 4.08. The molecule has 1 heterocycles. The fourth-order valence-electron chi connectivity index (χ4n) is 3.10. The molecule has 20 heavy (non-hydrogen) atoms. The Morgan fingerprint density at radius 1 is 1.35 bits per heavy atom. The summed E-state index contributed by atoms with van der Waals surface area (Å²) in [5.74, 6) is 0.969. The van der Waals surface area contributed by atoms with E-state index in [4.69, 9.17) is 10.5 Å². The minimum atomic E-state index is 0.237. The topological polar surface area (TPSA) is 41.7 Å². The van der Waals surface area contributed by atoms with Gasteiger partial charge in [-0.15, -0.1) is 0 Å². The van der Waals surface area contributed by atoms with Gasteiger partial charge in [0.05, 0.1) is 12.6 Å². The van der Waals surface area contributed by atoms with Crippen LogP contribution < -0.4 is 10.5 Å². The number of likely N-dealkylation sites (N-methyl/N-ethyl adjacent to an activating group) is 1. The van der Waals surface area contributed by atoms with E-state index in [9.17, 15) is 0 Å². The number of hydrogen-bond acceptors (Lipinski definition) is 4. The van der Waals surface area contributed by atoms with Crippen LogP contribution in [-0.2, 0) is 0 Å². The van der Waals surface area contributed by atoms with Crippen LogP contribution in [0.25, 0.3) is 0 Å². The quantitative estimate of drug-likeness (QED) is 0.890. The van der Waals surface area contributed by atoms with Gasteiger partial charge in [-0.2, -0.15) is 0 Å². The summed E-state index contributed by atoms with van der Waals surface area (Å²) in [6, 6.07) is 9.03. The molecule has 1 aliphatic heterocycles. The molecule has 112 valence electrons. The molecular weight excluding hydrogens is 250 g/mol. The molecule has 2 unspecified atom stereocenters. The Morgan fingerprint density at radius 3 is 2.75 bits per heavy atom. The summed E-state index contributed by atoms with van der Waals surface area (Å²) >= 11 is 0. The van der Waals surface area contributed by atoms with Crippen LogP contribution in [0.2, 0.25) is 0 Å². The van der Waals surface area contributed by atoms with Crippen molar-refractivity contribution in [2.45, 2.75) is 25.9 Å². The van der Waals surface area contributed by atoms with Gasteiger partial charge in [-0.25, -0.2) is 0 Å². The van der Waals surface area contributed by atoms with Crippen LogP contribution in [0.1, 0.15) is 25.5 Å². The first-order chi connectivity index (χ1) is 9.67. The van der Waals surface area contributed by atoms with Crippen molar-refractivity contribution in [2.24, 2.45) is 5.73 Å². The zero-order chi connectivity index (χ0) is 14.5. The molecule has 0 aliphatic carbocycles. The SMILES string of the molecule is CCOc1ccccc1C(CN)N1CCN(C)CC1C. The average Bonchev–Trinajstić information content (AvgIpc) is 2.44. The van der Waals surface area contributed by atoms with E-state index < -0.39 is 0 Å². The van der Waals surface area contributed by atoms with Crippen LogP contribution in [0.5, 0.6) is 5.75 Å². The Balaban J connectivity index is 2.23. The summed E-state index contributed by atoms with van der Waals surface area (Å²) in [5.41, 5.74) is 7.30. The second kappa shape index (κ2) is 7.07. The summed E-state index contributed by atoms with van der Waals surface area (Å²) in [5, 5.41) is 0. The molecule has 2 atom stereocenters. The molecule has 1 aliphatic rings. The molecule has 1 saturated heterocycles. The highest BCUT2D eigenvalue weighted by Crippen LogP contribution is 2.31. The van der Waals surface area contributed by atoms with Crippen LogP contribution in [0.15, 0.2) is 24.3 Å². The minimum absolute atomic E-state index is 0.237. The molecule has 0 radical (unpaired) electrons. The molecular formula is C16H27N3O. The summed E-state index contributed by atoms with van der Waals surface area (Å²) in [7, 11) is 2.18. The first kappa shape index (κ1) is 15.3. The third-order valence-corrected chi connectivity index (χ3v) is 4.08. The first-order valence-electron chi connectivity index (χ1n) is 7.53. The number of para-hydroxylation sites is 1. The van der Waals surface area contributed by atoms with Crippen molar-refractivity contribution in [1.29, 1.82) is 0 Å². The fraction of sp³-hybridized carbons (Fsp3) is 0.625. The van der Waals surface area contributed by atoms with Gasteiger partial charge >= 0.3 is 0 Å². The van der Waals surface area contributed by atoms with Crippen molar-refractivity contribution >= 4 is 0 Å². The summed E-state index contributed by atoms with van der Waals surface area (Å²) < 4.78 is 5.77. The summed E-state index contributed by atoms with van der Waals surface area (Å²) in [6.45, 7) is 8.85. The minimum Gasteiger partial charge on any atom is -0.494 e. The van der Waals surface area contributed by atoms with Crippen molar-refractivity contribution in [1.82, 2.24) is 9.80 Å². The van der Waals surface area contributed by atoms with Gasteiger partial charge in [0, 0.05) is 37.8 Å². The second-order valence-corrected chi connectivity index (χ2v) is 5.57. The van der Waals surface area contributed by atoms with Gasteiger partial charge in [0.2, 0.25) is 0 Å². The van der Waals surface area contributed by atoms with Gasteiger partial charge in [0.1, 0.15) is 5.75 Å². The number of ether oxygens (including phenoxy) is 1. The van der Waals surface area contributed by atoms with Crippen molar-refractivity contribution in [3.8, 4) is 5.75 Å². The molecule has 1 aromatic rings. The lowest BCUT2D eigenvalue weighted by Crippen LogP contribution is -2.52. The van der Waals surface area contributed by atoms with Crippen LogP contribution >= 0.6 is 0 Å². The van der Waals surface area contributed by atoms with Gasteiger partial charge in [-0.05, 0) is 27.0 Å². The maximum absolute atomic E-state index is 6.09. The van der Waals surface area contributed by atoms with Gasteiger partial charge in [0.25, 0.3) is 0 Å². The smallest absolute Gasteiger partial charge is 0.124 e. The standard InChI is InChI=1S/C16H27N3O/c1-4-20-16-8-6-5-7-14(16)15(11-17)19-10-9-18(3)12-13(19)2/h5-8,13,15H,4,9-12,17H2,1-3H3. The fourth-order valence-corrected chi connectivity index (χ4v) is 3.10. The van der Waals surface area contributed by atoms with Gasteiger partial charge in [-0.1, -0.05) is 18.2 Å². The van der Waals surface area contributed by atoms with Gasteiger partial charge in [0.15, 0.2) is 0 Å². The molecule has 0 aromatic heterocycles. The summed E-state index contributed by atoms with van der Waals surface area (Å²) in [4.78, 5) is 4.89. The molecule has 2 N–H and O–H groups in total. The van der Waals surface area contributed by atoms with Crippen molar-refractivity contribution < 1.29 is 4.74 Å². The number of nitrogens with two attached hydrogens (primary N) is 1. The molecule has 4 heteroatoms. The zero-order valence-electron chi connectivity index (χ0n) is 12.9. The van der Waals surface area contributed by atoms with E-state index in [2.05, 4.69) is 35.9 Å². The van der Waals surface area contributed by atoms with Gasteiger partial charge in [-0.3, -0.25) is 4.90 Å². The largest absolute Gasteiger partial charge is 0.494 e. The highest BCUT2D eigenvalue weighted by molar-refractivity contribution is 5.36. The Hall–Kier alpha value is -1.10. The summed E-state index contributed by atoms with van der Waals surface area (Å²) in [6.07, 6.45) is 0. The van der Waals surface area contributed by atoms with E-state index >= 15 is 0 Å². The van der Waals surface area contributed by atoms with Crippen LogP contribution in [0.3, 0.4) is 0 Å². The van der Waals surface area contributed by atoms with E-state index in [1.807, 2.05) is 19.1 Å². The zero-order valence-corrected chi connectivity index (χ0v) is 12.9. The van der Waals surface area contributed by atoms with E-state index in [1.54, 1.807) is 0 Å². The molecule has 1 aromatic carbocycles. The first-order valence-corrected chi connectivity index (χ1v) is 7.53. The highest BCUT2D eigenvalue weighted by atomic mass is 16.5. The van der Waals surface area contributed by atoms with Crippen molar-refractivity contribution in [2.75, 3.05) is 39.8 Å². The lowest BCUT2D eigenvalue weighted by atomic mass is 10.0. The Morgan fingerprint density at radius 2 is 2.10 bits per heavy atom. The number of nitrogens with zero attached hydrogens (tertiary/aromatic N) is 2. The average molecular weight is 277 g/mol. The Kier molecular flexibility index (Phi) is 5.40. The number of rotatable bonds is 5. The molecule has 2 rings (SSSR count). The number of benzene rings is 1. The van der Waals surface area contributed by atoms with Crippen LogP contribution in [0.4, 0.5) is 0 Å².